The van der Waals surface area contributed by atoms with E-state index in [0.29, 0.717) is 13.0 Å². The number of carbonyl (C=O) groups is 1. The van der Waals surface area contributed by atoms with Crippen molar-refractivity contribution in [3.63, 3.8) is 0 Å². The first-order valence-electron chi connectivity index (χ1n) is 10.4. The molecule has 2 heterocycles. The van der Waals surface area contributed by atoms with E-state index >= 15 is 0 Å². The first-order valence-corrected chi connectivity index (χ1v) is 11.2. The zero-order valence-corrected chi connectivity index (χ0v) is 19.4. The molecule has 4 atom stereocenters. The van der Waals surface area contributed by atoms with Crippen LogP contribution in [0.5, 0.6) is 5.88 Å². The molecule has 3 N–H and O–H groups in total. The number of aromatic nitrogens is 2. The van der Waals surface area contributed by atoms with Gasteiger partial charge in [-0.2, -0.15) is 5.26 Å². The molecule has 0 bridgehead atoms. The quantitative estimate of drug-likeness (QED) is 0.607. The maximum atomic E-state index is 14.9. The van der Waals surface area contributed by atoms with Crippen LogP contribution in [0.2, 0.25) is 0 Å². The van der Waals surface area contributed by atoms with Gasteiger partial charge in [0.25, 0.3) is 5.91 Å². The molecule has 1 fully saturated rings. The lowest BCUT2D eigenvalue weighted by Crippen LogP contribution is -2.35. The fraction of sp³-hybridized carbons (Fsp3) is 0.409. The van der Waals surface area contributed by atoms with Gasteiger partial charge in [0.2, 0.25) is 5.88 Å². The Kier molecular flexibility index (Phi) is 6.18. The number of rotatable bonds is 7. The first kappa shape index (κ1) is 23.8. The highest BCUT2D eigenvalue weighted by Gasteiger charge is 2.67. The summed E-state index contributed by atoms with van der Waals surface area (Å²) < 4.78 is 39.1. The molecular weight excluding hydrogens is 466 g/mol. The fourth-order valence-corrected chi connectivity index (χ4v) is 5.39. The summed E-state index contributed by atoms with van der Waals surface area (Å²) in [5.41, 5.74) is 4.52. The van der Waals surface area contributed by atoms with Crippen molar-refractivity contribution in [1.82, 2.24) is 9.97 Å². The van der Waals surface area contributed by atoms with Gasteiger partial charge in [-0.05, 0) is 26.3 Å². The van der Waals surface area contributed by atoms with Gasteiger partial charge >= 0.3 is 0 Å². The van der Waals surface area contributed by atoms with E-state index in [-0.39, 0.29) is 40.0 Å². The van der Waals surface area contributed by atoms with Gasteiger partial charge in [0.15, 0.2) is 16.8 Å². The lowest BCUT2D eigenvalue weighted by molar-refractivity contribution is 0.0885. The minimum atomic E-state index is -1.26. The van der Waals surface area contributed by atoms with Crippen molar-refractivity contribution >= 4 is 28.5 Å². The van der Waals surface area contributed by atoms with Crippen LogP contribution in [0.4, 0.5) is 14.5 Å². The molecule has 34 heavy (non-hydrogen) atoms. The van der Waals surface area contributed by atoms with E-state index in [1.807, 2.05) is 0 Å². The highest BCUT2D eigenvalue weighted by molar-refractivity contribution is 8.15. The van der Waals surface area contributed by atoms with Crippen LogP contribution in [-0.2, 0) is 10.3 Å². The van der Waals surface area contributed by atoms with Gasteiger partial charge in [0, 0.05) is 30.3 Å². The monoisotopic (exact) mass is 488 g/mol. The SMILES string of the molecule is COCC(C)Oc1cnc(C(=O)Nc2cc(F)c(F)c([C@@]3(C)N=C(N)S[C@@]4(C#N)C[C@H]43)c2)cn1. The number of nitrogens with two attached hydrogens (primary N) is 1. The van der Waals surface area contributed by atoms with Crippen LogP contribution in [0.1, 0.15) is 36.3 Å². The highest BCUT2D eigenvalue weighted by atomic mass is 32.2. The molecule has 0 saturated heterocycles. The molecule has 1 aliphatic carbocycles. The van der Waals surface area contributed by atoms with Gasteiger partial charge in [-0.1, -0.05) is 11.8 Å². The molecule has 1 aromatic heterocycles. The first-order chi connectivity index (χ1) is 16.1. The van der Waals surface area contributed by atoms with Crippen molar-refractivity contribution in [1.29, 1.82) is 5.26 Å². The van der Waals surface area contributed by atoms with Crippen LogP contribution in [0.3, 0.4) is 0 Å². The third-order valence-corrected chi connectivity index (χ3v) is 7.03. The second-order valence-electron chi connectivity index (χ2n) is 8.36. The van der Waals surface area contributed by atoms with E-state index in [9.17, 15) is 18.8 Å². The molecule has 2 aromatic rings. The number of nitriles is 1. The smallest absolute Gasteiger partial charge is 0.275 e. The van der Waals surface area contributed by atoms with Crippen molar-refractivity contribution in [2.45, 2.75) is 36.7 Å². The van der Waals surface area contributed by atoms with Crippen LogP contribution < -0.4 is 15.8 Å². The summed E-state index contributed by atoms with van der Waals surface area (Å²) in [6.07, 6.45) is 2.67. The molecular formula is C22H22F2N6O3S. The molecule has 2 aliphatic rings. The molecule has 1 aromatic carbocycles. The van der Waals surface area contributed by atoms with E-state index in [2.05, 4.69) is 26.3 Å². The lowest BCUT2D eigenvalue weighted by atomic mass is 9.85. The summed E-state index contributed by atoms with van der Waals surface area (Å²) in [6.45, 7) is 3.76. The van der Waals surface area contributed by atoms with Gasteiger partial charge in [-0.3, -0.25) is 9.79 Å². The number of thioether (sulfide) groups is 1. The largest absolute Gasteiger partial charge is 0.471 e. The predicted octanol–water partition coefficient (Wildman–Crippen LogP) is 2.98. The van der Waals surface area contributed by atoms with Gasteiger partial charge in [-0.25, -0.2) is 18.7 Å². The minimum Gasteiger partial charge on any atom is -0.471 e. The number of nitrogens with one attached hydrogen (secondary N) is 1. The Balaban J connectivity index is 1.57. The van der Waals surface area contributed by atoms with E-state index in [4.69, 9.17) is 15.2 Å². The number of hydrogen-bond acceptors (Lipinski definition) is 9. The third-order valence-electron chi connectivity index (χ3n) is 5.82. The average molecular weight is 489 g/mol. The summed E-state index contributed by atoms with van der Waals surface area (Å²) in [4.78, 5) is 25.1. The number of anilines is 1. The number of hydrogen-bond donors (Lipinski definition) is 2. The Morgan fingerprint density at radius 2 is 2.18 bits per heavy atom. The molecule has 1 saturated carbocycles. The number of benzene rings is 1. The predicted molar refractivity (Wildman–Crippen MR) is 121 cm³/mol. The number of amidine groups is 1. The van der Waals surface area contributed by atoms with Crippen LogP contribution in [0.25, 0.3) is 0 Å². The van der Waals surface area contributed by atoms with Gasteiger partial charge in [-0.15, -0.1) is 0 Å². The standard InChI is InChI=1S/C22H22F2N6O3S/c1-11(9-32-3)33-17-8-27-15(7-28-17)19(31)29-12-4-13(18(24)14(23)5-12)21(2)16-6-22(16,10-25)34-20(26)30-21/h4-5,7-8,11,16H,6,9H2,1-3H3,(H2,26,30)(H,29,31)/t11?,16-,21+,22+/m0/s1. The maximum Gasteiger partial charge on any atom is 0.275 e. The molecule has 1 aliphatic heterocycles. The summed E-state index contributed by atoms with van der Waals surface area (Å²) in [5, 5.41) is 12.2. The Hall–Kier alpha value is -3.30. The van der Waals surface area contributed by atoms with E-state index in [0.717, 1.165) is 17.8 Å². The normalized spacial score (nSPS) is 26.0. The van der Waals surface area contributed by atoms with Crippen LogP contribution in [0.15, 0.2) is 29.5 Å². The van der Waals surface area contributed by atoms with Crippen molar-refractivity contribution in [3.8, 4) is 11.9 Å². The third kappa shape index (κ3) is 4.28. The van der Waals surface area contributed by atoms with E-state index in [1.54, 1.807) is 21.0 Å². The number of halogens is 2. The number of ether oxygens (including phenoxy) is 2. The molecule has 0 radical (unpaired) electrons. The van der Waals surface area contributed by atoms with Gasteiger partial charge in [0.1, 0.15) is 16.5 Å². The fourth-order valence-electron chi connectivity index (χ4n) is 4.11. The Labute approximate surface area is 198 Å². The topological polar surface area (TPSA) is 136 Å². The highest BCUT2D eigenvalue weighted by Crippen LogP contribution is 2.65. The summed E-state index contributed by atoms with van der Waals surface area (Å²) >= 11 is 1.14. The molecule has 12 heteroatoms. The van der Waals surface area contributed by atoms with Crippen molar-refractivity contribution < 1.29 is 23.0 Å². The summed E-state index contributed by atoms with van der Waals surface area (Å²) in [7, 11) is 1.54. The van der Waals surface area contributed by atoms with Gasteiger partial charge in [0.05, 0.1) is 30.6 Å². The van der Waals surface area contributed by atoms with Crippen LogP contribution >= 0.6 is 11.8 Å². The molecule has 0 spiro atoms. The van der Waals surface area contributed by atoms with E-state index < -0.39 is 27.8 Å². The summed E-state index contributed by atoms with van der Waals surface area (Å²) in [6, 6.07) is 4.39. The Morgan fingerprint density at radius 3 is 2.82 bits per heavy atom. The number of fused-ring (bicyclic) bond motifs is 1. The second kappa shape index (κ2) is 8.81. The van der Waals surface area contributed by atoms with Crippen molar-refractivity contribution in [2.24, 2.45) is 16.6 Å². The molecule has 1 unspecified atom stereocenters. The number of amides is 1. The number of aliphatic imine (C=N–C) groups is 1. The van der Waals surface area contributed by atoms with Crippen molar-refractivity contribution in [2.75, 3.05) is 19.0 Å². The van der Waals surface area contributed by atoms with Crippen LogP contribution in [-0.4, -0.2) is 45.6 Å². The molecule has 4 rings (SSSR count). The van der Waals surface area contributed by atoms with E-state index in [1.165, 1.54) is 18.5 Å². The average Bonchev–Trinajstić information content (AvgIpc) is 3.52. The van der Waals surface area contributed by atoms with Crippen LogP contribution in [0, 0.1) is 28.9 Å². The molecule has 9 nitrogen and oxygen atoms in total. The lowest BCUT2D eigenvalue weighted by Gasteiger charge is -2.32. The second-order valence-corrected chi connectivity index (χ2v) is 9.71. The molecule has 1 amide bonds. The molecule has 178 valence electrons. The zero-order valence-electron chi connectivity index (χ0n) is 18.6. The van der Waals surface area contributed by atoms with Gasteiger partial charge < -0.3 is 20.5 Å². The Bertz CT molecular complexity index is 1200. The van der Waals surface area contributed by atoms with Crippen molar-refractivity contribution in [3.05, 3.63) is 47.4 Å². The number of methoxy groups -OCH3 is 1. The number of nitrogens with zero attached hydrogens (tertiary/aromatic N) is 4. The number of carbonyl (C=O) groups excluding carboxylic acids is 1. The zero-order chi connectivity index (χ0) is 24.7. The minimum absolute atomic E-state index is 0.00572. The Morgan fingerprint density at radius 1 is 1.41 bits per heavy atom. The summed E-state index contributed by atoms with van der Waals surface area (Å²) in [5.74, 6) is -3.08. The maximum absolute atomic E-state index is 14.9.